The third-order valence-corrected chi connectivity index (χ3v) is 6.95. The Labute approximate surface area is 169 Å². The first-order valence-corrected chi connectivity index (χ1v) is 11.9. The molecule has 0 radical (unpaired) electrons. The summed E-state index contributed by atoms with van der Waals surface area (Å²) in [4.78, 5) is 12.4. The lowest BCUT2D eigenvalue weighted by molar-refractivity contribution is -0.123. The van der Waals surface area contributed by atoms with E-state index in [4.69, 9.17) is 0 Å². The average Bonchev–Trinajstić information content (AvgIpc) is 3.08. The Morgan fingerprint density at radius 3 is 2.68 bits per heavy atom. The highest BCUT2D eigenvalue weighted by molar-refractivity contribution is 7.98. The van der Waals surface area contributed by atoms with Crippen molar-refractivity contribution in [2.45, 2.75) is 36.2 Å². The van der Waals surface area contributed by atoms with Gasteiger partial charge in [-0.3, -0.25) is 4.79 Å². The fraction of sp³-hybridized carbons (Fsp3) is 0.350. The van der Waals surface area contributed by atoms with E-state index < -0.39 is 32.7 Å². The first-order chi connectivity index (χ1) is 13.4. The molecule has 0 spiro atoms. The second kappa shape index (κ2) is 9.07. The summed E-state index contributed by atoms with van der Waals surface area (Å²) in [6.45, 7) is 0. The standard InChI is InChI=1S/C20H23FN2O3S2/c1-27-13-12-18(23-28(25,26)19-9-5-4-8-16(19)21)20(24)22-17-11-10-14-6-2-3-7-15(14)17/h2-9,17-18,23H,10-13H2,1H3,(H,22,24). The molecule has 8 heteroatoms. The Morgan fingerprint density at radius 1 is 1.21 bits per heavy atom. The molecule has 1 aliphatic rings. The Bertz CT molecular complexity index is 950. The van der Waals surface area contributed by atoms with Crippen LogP contribution in [-0.2, 0) is 21.2 Å². The van der Waals surface area contributed by atoms with Gasteiger partial charge in [0, 0.05) is 0 Å². The van der Waals surface area contributed by atoms with Gasteiger partial charge in [-0.05, 0) is 54.5 Å². The quantitative estimate of drug-likeness (QED) is 0.686. The highest BCUT2D eigenvalue weighted by Gasteiger charge is 2.30. The number of hydrogen-bond acceptors (Lipinski definition) is 4. The fourth-order valence-corrected chi connectivity index (χ4v) is 5.15. The number of aryl methyl sites for hydroxylation is 1. The van der Waals surface area contributed by atoms with Crippen molar-refractivity contribution < 1.29 is 17.6 Å². The summed E-state index contributed by atoms with van der Waals surface area (Å²) in [5.74, 6) is -0.640. The number of carbonyl (C=O) groups excluding carboxylic acids is 1. The molecule has 2 aromatic rings. The van der Waals surface area contributed by atoms with Crippen LogP contribution in [0.3, 0.4) is 0 Å². The molecular formula is C20H23FN2O3S2. The smallest absolute Gasteiger partial charge is 0.244 e. The average molecular weight is 423 g/mol. The third kappa shape index (κ3) is 4.74. The predicted octanol–water partition coefficient (Wildman–Crippen LogP) is 3.03. The minimum Gasteiger partial charge on any atom is -0.348 e. The van der Waals surface area contributed by atoms with Crippen LogP contribution in [0, 0.1) is 5.82 Å². The Kier molecular flexibility index (Phi) is 6.74. The van der Waals surface area contributed by atoms with Gasteiger partial charge in [-0.1, -0.05) is 36.4 Å². The second-order valence-corrected chi connectivity index (χ2v) is 9.35. The SMILES string of the molecule is CSCCC(NS(=O)(=O)c1ccccc1F)C(=O)NC1CCc2ccccc21. The molecular weight excluding hydrogens is 399 g/mol. The van der Waals surface area contributed by atoms with Gasteiger partial charge in [0.2, 0.25) is 15.9 Å². The molecule has 2 N–H and O–H groups in total. The molecule has 1 amide bonds. The van der Waals surface area contributed by atoms with Crippen molar-refractivity contribution in [3.63, 3.8) is 0 Å². The Balaban J connectivity index is 1.76. The van der Waals surface area contributed by atoms with Crippen LogP contribution < -0.4 is 10.0 Å². The van der Waals surface area contributed by atoms with Crippen LogP contribution in [0.4, 0.5) is 4.39 Å². The Morgan fingerprint density at radius 2 is 1.93 bits per heavy atom. The molecule has 0 aromatic heterocycles. The maximum atomic E-state index is 14.0. The van der Waals surface area contributed by atoms with Crippen LogP contribution >= 0.6 is 11.8 Å². The van der Waals surface area contributed by atoms with Crippen molar-refractivity contribution in [2.75, 3.05) is 12.0 Å². The summed E-state index contributed by atoms with van der Waals surface area (Å²) in [6.07, 6.45) is 3.85. The van der Waals surface area contributed by atoms with E-state index in [1.54, 1.807) is 0 Å². The number of thioether (sulfide) groups is 1. The molecule has 0 heterocycles. The van der Waals surface area contributed by atoms with E-state index in [0.717, 1.165) is 24.5 Å². The number of sulfonamides is 1. The molecule has 0 saturated heterocycles. The maximum Gasteiger partial charge on any atom is 0.244 e. The van der Waals surface area contributed by atoms with Crippen molar-refractivity contribution in [3.05, 3.63) is 65.5 Å². The molecule has 2 aromatic carbocycles. The van der Waals surface area contributed by atoms with Crippen molar-refractivity contribution in [1.29, 1.82) is 0 Å². The number of halogens is 1. The molecule has 0 fully saturated rings. The summed E-state index contributed by atoms with van der Waals surface area (Å²) in [5.41, 5.74) is 2.26. The van der Waals surface area contributed by atoms with Gasteiger partial charge in [0.25, 0.3) is 0 Å². The number of benzene rings is 2. The zero-order chi connectivity index (χ0) is 20.1. The molecule has 2 unspecified atom stereocenters. The molecule has 28 heavy (non-hydrogen) atoms. The zero-order valence-electron chi connectivity index (χ0n) is 15.5. The zero-order valence-corrected chi connectivity index (χ0v) is 17.2. The first-order valence-electron chi connectivity index (χ1n) is 9.06. The lowest BCUT2D eigenvalue weighted by Crippen LogP contribution is -2.47. The number of amides is 1. The lowest BCUT2D eigenvalue weighted by Gasteiger charge is -2.21. The molecule has 0 bridgehead atoms. The molecule has 5 nitrogen and oxygen atoms in total. The third-order valence-electron chi connectivity index (χ3n) is 4.80. The molecule has 1 aliphatic carbocycles. The van der Waals surface area contributed by atoms with Crippen molar-refractivity contribution in [2.24, 2.45) is 0 Å². The number of fused-ring (bicyclic) bond motifs is 1. The molecule has 150 valence electrons. The fourth-order valence-electron chi connectivity index (χ4n) is 3.37. The molecule has 0 aliphatic heterocycles. The Hall–Kier alpha value is -1.90. The van der Waals surface area contributed by atoms with Gasteiger partial charge in [-0.25, -0.2) is 12.8 Å². The van der Waals surface area contributed by atoms with Gasteiger partial charge in [0.1, 0.15) is 16.8 Å². The lowest BCUT2D eigenvalue weighted by atomic mass is 10.1. The van der Waals surface area contributed by atoms with Gasteiger partial charge < -0.3 is 5.32 Å². The van der Waals surface area contributed by atoms with Gasteiger partial charge in [0.15, 0.2) is 0 Å². The summed E-state index contributed by atoms with van der Waals surface area (Å²) in [5, 5.41) is 2.96. The maximum absolute atomic E-state index is 14.0. The normalized spacial score (nSPS) is 17.1. The number of hydrogen-bond donors (Lipinski definition) is 2. The van der Waals surface area contributed by atoms with E-state index in [9.17, 15) is 17.6 Å². The van der Waals surface area contributed by atoms with Gasteiger partial charge >= 0.3 is 0 Å². The van der Waals surface area contributed by atoms with E-state index >= 15 is 0 Å². The molecule has 0 saturated carbocycles. The van der Waals surface area contributed by atoms with E-state index in [1.165, 1.54) is 35.5 Å². The predicted molar refractivity (Wildman–Crippen MR) is 109 cm³/mol. The minimum atomic E-state index is -4.15. The van der Waals surface area contributed by atoms with Crippen LogP contribution in [-0.4, -0.2) is 32.4 Å². The highest BCUT2D eigenvalue weighted by Crippen LogP contribution is 2.30. The van der Waals surface area contributed by atoms with Crippen LogP contribution in [0.2, 0.25) is 0 Å². The summed E-state index contributed by atoms with van der Waals surface area (Å²) < 4.78 is 41.6. The van der Waals surface area contributed by atoms with Gasteiger partial charge in [0.05, 0.1) is 6.04 Å². The first kappa shape index (κ1) is 20.8. The topological polar surface area (TPSA) is 75.3 Å². The van der Waals surface area contributed by atoms with Crippen LogP contribution in [0.5, 0.6) is 0 Å². The number of rotatable bonds is 8. The van der Waals surface area contributed by atoms with E-state index in [0.29, 0.717) is 12.2 Å². The minimum absolute atomic E-state index is 0.140. The van der Waals surface area contributed by atoms with E-state index in [2.05, 4.69) is 10.0 Å². The highest BCUT2D eigenvalue weighted by atomic mass is 32.2. The summed E-state index contributed by atoms with van der Waals surface area (Å²) in [7, 11) is -4.15. The van der Waals surface area contributed by atoms with E-state index in [1.807, 2.05) is 30.5 Å². The number of nitrogens with one attached hydrogen (secondary N) is 2. The van der Waals surface area contributed by atoms with Crippen LogP contribution in [0.15, 0.2) is 53.4 Å². The van der Waals surface area contributed by atoms with Crippen molar-refractivity contribution in [1.82, 2.24) is 10.0 Å². The van der Waals surface area contributed by atoms with E-state index in [-0.39, 0.29) is 6.04 Å². The second-order valence-electron chi connectivity index (χ2n) is 6.68. The summed E-state index contributed by atoms with van der Waals surface area (Å²) >= 11 is 1.51. The largest absolute Gasteiger partial charge is 0.348 e. The van der Waals surface area contributed by atoms with Crippen molar-refractivity contribution in [3.8, 4) is 0 Å². The van der Waals surface area contributed by atoms with Crippen molar-refractivity contribution >= 4 is 27.7 Å². The van der Waals surface area contributed by atoms with Crippen LogP contribution in [0.25, 0.3) is 0 Å². The van der Waals surface area contributed by atoms with Gasteiger partial charge in [-0.2, -0.15) is 16.5 Å². The van der Waals surface area contributed by atoms with Crippen LogP contribution in [0.1, 0.15) is 30.0 Å². The van der Waals surface area contributed by atoms with Gasteiger partial charge in [-0.15, -0.1) is 0 Å². The summed E-state index contributed by atoms with van der Waals surface area (Å²) in [6, 6.07) is 11.9. The monoisotopic (exact) mass is 422 g/mol. The molecule has 3 rings (SSSR count). The number of carbonyl (C=O) groups is 1. The molecule has 2 atom stereocenters.